The van der Waals surface area contributed by atoms with Crippen LogP contribution in [-0.2, 0) is 16.1 Å². The number of hydrogen-bond donors (Lipinski definition) is 1. The van der Waals surface area contributed by atoms with E-state index in [4.69, 9.17) is 9.47 Å². The molecule has 0 atom stereocenters. The summed E-state index contributed by atoms with van der Waals surface area (Å²) < 4.78 is 11.3. The molecule has 0 radical (unpaired) electrons. The monoisotopic (exact) mass is 341 g/mol. The number of pyridine rings is 1. The molecule has 0 spiro atoms. The summed E-state index contributed by atoms with van der Waals surface area (Å²) in [4.78, 5) is 30.0. The van der Waals surface area contributed by atoms with Crippen LogP contribution in [0.2, 0.25) is 0 Å². The second-order valence-corrected chi connectivity index (χ2v) is 5.53. The average Bonchev–Trinajstić information content (AvgIpc) is 2.82. The number of rotatable bonds is 4. The van der Waals surface area contributed by atoms with Gasteiger partial charge >= 0.3 is 0 Å². The van der Waals surface area contributed by atoms with Crippen LogP contribution >= 0.6 is 0 Å². The molecule has 1 aromatic carbocycles. The molecule has 0 saturated carbocycles. The highest BCUT2D eigenvalue weighted by Gasteiger charge is 2.27. The zero-order chi connectivity index (χ0) is 17.8. The quantitative estimate of drug-likeness (QED) is 0.922. The van der Waals surface area contributed by atoms with Gasteiger partial charge in [0.15, 0.2) is 11.5 Å². The molecule has 1 N–H and O–H groups in total. The summed E-state index contributed by atoms with van der Waals surface area (Å²) in [6, 6.07) is 9.04. The largest absolute Gasteiger partial charge is 0.493 e. The smallest absolute Gasteiger partial charge is 0.243 e. The van der Waals surface area contributed by atoms with E-state index >= 15 is 0 Å². The molecule has 0 fully saturated rings. The number of para-hydroxylation sites is 1. The van der Waals surface area contributed by atoms with Gasteiger partial charge in [-0.25, -0.2) is 4.98 Å². The Labute approximate surface area is 145 Å². The maximum Gasteiger partial charge on any atom is 0.243 e. The lowest BCUT2D eigenvalue weighted by Crippen LogP contribution is -2.31. The van der Waals surface area contributed by atoms with E-state index < -0.39 is 0 Å². The predicted molar refractivity (Wildman–Crippen MR) is 91.8 cm³/mol. The van der Waals surface area contributed by atoms with Gasteiger partial charge in [0, 0.05) is 31.6 Å². The number of amides is 2. The number of ether oxygens (including phenoxy) is 2. The summed E-state index contributed by atoms with van der Waals surface area (Å²) in [7, 11) is 3.11. The first-order valence-corrected chi connectivity index (χ1v) is 7.93. The van der Waals surface area contributed by atoms with Crippen molar-refractivity contribution in [1.29, 1.82) is 0 Å². The number of hydrogen-bond acceptors (Lipinski definition) is 5. The van der Waals surface area contributed by atoms with E-state index in [1.54, 1.807) is 43.5 Å². The minimum atomic E-state index is -0.173. The van der Waals surface area contributed by atoms with Crippen LogP contribution in [0.3, 0.4) is 0 Å². The van der Waals surface area contributed by atoms with Crippen molar-refractivity contribution < 1.29 is 19.1 Å². The molecule has 130 valence electrons. The van der Waals surface area contributed by atoms with Gasteiger partial charge in [-0.15, -0.1) is 0 Å². The number of anilines is 1. The third kappa shape index (κ3) is 3.40. The Bertz CT molecular complexity index is 807. The minimum Gasteiger partial charge on any atom is -0.493 e. The first kappa shape index (κ1) is 16.8. The fraction of sp³-hybridized carbons (Fsp3) is 0.278. The number of carbonyl (C=O) groups excluding carboxylic acids is 2. The van der Waals surface area contributed by atoms with Crippen LogP contribution in [0, 0.1) is 0 Å². The summed E-state index contributed by atoms with van der Waals surface area (Å²) in [5.74, 6) is 1.12. The van der Waals surface area contributed by atoms with Gasteiger partial charge in [-0.3, -0.25) is 9.59 Å². The van der Waals surface area contributed by atoms with Crippen LogP contribution in [-0.4, -0.2) is 31.0 Å². The van der Waals surface area contributed by atoms with Gasteiger partial charge in [0.2, 0.25) is 17.7 Å². The maximum atomic E-state index is 12.7. The maximum absolute atomic E-state index is 12.7. The highest BCUT2D eigenvalue weighted by Crippen LogP contribution is 2.42. The SMILES string of the molecule is CNC(=O)CCC(=O)N1Cc2cccc(OC)c2Oc2ncccc21. The highest BCUT2D eigenvalue weighted by atomic mass is 16.5. The minimum absolute atomic E-state index is 0.104. The third-order valence-corrected chi connectivity index (χ3v) is 4.00. The number of methoxy groups -OCH3 is 1. The summed E-state index contributed by atoms with van der Waals surface area (Å²) in [6.45, 7) is 0.317. The Hall–Kier alpha value is -3.09. The fourth-order valence-electron chi connectivity index (χ4n) is 2.68. The summed E-state index contributed by atoms with van der Waals surface area (Å²) >= 11 is 0. The van der Waals surface area contributed by atoms with E-state index in [2.05, 4.69) is 10.3 Å². The summed E-state index contributed by atoms with van der Waals surface area (Å²) in [6.07, 6.45) is 1.84. The van der Waals surface area contributed by atoms with E-state index in [1.165, 1.54) is 0 Å². The second-order valence-electron chi connectivity index (χ2n) is 5.53. The van der Waals surface area contributed by atoms with Crippen molar-refractivity contribution in [3.05, 3.63) is 42.1 Å². The van der Waals surface area contributed by atoms with Crippen LogP contribution in [0.1, 0.15) is 18.4 Å². The van der Waals surface area contributed by atoms with Crippen molar-refractivity contribution >= 4 is 17.5 Å². The van der Waals surface area contributed by atoms with E-state index in [0.29, 0.717) is 29.6 Å². The molecule has 0 aliphatic carbocycles. The standard InChI is InChI=1S/C18H19N3O4/c1-19-15(22)8-9-16(23)21-11-12-5-3-7-14(24-2)17(12)25-18-13(21)6-4-10-20-18/h3-7,10H,8-9,11H2,1-2H3,(H,19,22). The van der Waals surface area contributed by atoms with Crippen molar-refractivity contribution in [1.82, 2.24) is 10.3 Å². The van der Waals surface area contributed by atoms with Gasteiger partial charge in [0.25, 0.3) is 0 Å². The van der Waals surface area contributed by atoms with Crippen LogP contribution in [0.25, 0.3) is 0 Å². The summed E-state index contributed by atoms with van der Waals surface area (Å²) in [5.41, 5.74) is 1.38. The molecule has 7 heteroatoms. The molecule has 1 aromatic heterocycles. The van der Waals surface area contributed by atoms with Gasteiger partial charge in [0.1, 0.15) is 5.69 Å². The lowest BCUT2D eigenvalue weighted by atomic mass is 10.1. The predicted octanol–water partition coefficient (Wildman–Crippen LogP) is 2.26. The Balaban J connectivity index is 1.97. The van der Waals surface area contributed by atoms with Gasteiger partial charge in [-0.1, -0.05) is 12.1 Å². The fourth-order valence-corrected chi connectivity index (χ4v) is 2.68. The van der Waals surface area contributed by atoms with Crippen molar-refractivity contribution in [2.75, 3.05) is 19.1 Å². The number of aromatic nitrogens is 1. The number of carbonyl (C=O) groups is 2. The molecule has 3 rings (SSSR count). The van der Waals surface area contributed by atoms with E-state index in [-0.39, 0.29) is 24.7 Å². The lowest BCUT2D eigenvalue weighted by Gasteiger charge is -2.21. The van der Waals surface area contributed by atoms with Crippen LogP contribution < -0.4 is 19.7 Å². The Morgan fingerprint density at radius 3 is 2.88 bits per heavy atom. The zero-order valence-corrected chi connectivity index (χ0v) is 14.1. The molecule has 1 aliphatic rings. The molecule has 0 unspecified atom stereocenters. The first-order chi connectivity index (χ1) is 12.1. The third-order valence-electron chi connectivity index (χ3n) is 4.00. The van der Waals surface area contributed by atoms with Crippen LogP contribution in [0.4, 0.5) is 5.69 Å². The number of fused-ring (bicyclic) bond motifs is 2. The Morgan fingerprint density at radius 1 is 1.28 bits per heavy atom. The summed E-state index contributed by atoms with van der Waals surface area (Å²) in [5, 5.41) is 2.52. The average molecular weight is 341 g/mol. The molecule has 25 heavy (non-hydrogen) atoms. The number of nitrogens with one attached hydrogen (secondary N) is 1. The van der Waals surface area contributed by atoms with E-state index in [0.717, 1.165) is 5.56 Å². The van der Waals surface area contributed by atoms with Crippen molar-refractivity contribution in [3.8, 4) is 17.4 Å². The van der Waals surface area contributed by atoms with Gasteiger partial charge in [-0.05, 0) is 18.2 Å². The molecule has 0 saturated heterocycles. The van der Waals surface area contributed by atoms with Gasteiger partial charge in [0.05, 0.1) is 13.7 Å². The molecule has 2 heterocycles. The Morgan fingerprint density at radius 2 is 2.12 bits per heavy atom. The topological polar surface area (TPSA) is 80.8 Å². The molecule has 7 nitrogen and oxygen atoms in total. The van der Waals surface area contributed by atoms with E-state index in [1.807, 2.05) is 12.1 Å². The van der Waals surface area contributed by atoms with Crippen molar-refractivity contribution in [2.24, 2.45) is 0 Å². The lowest BCUT2D eigenvalue weighted by molar-refractivity contribution is -0.125. The molecular weight excluding hydrogens is 322 g/mol. The van der Waals surface area contributed by atoms with Gasteiger partial charge in [-0.2, -0.15) is 0 Å². The first-order valence-electron chi connectivity index (χ1n) is 7.93. The van der Waals surface area contributed by atoms with Crippen molar-refractivity contribution in [2.45, 2.75) is 19.4 Å². The Kier molecular flexibility index (Phi) is 4.83. The normalized spacial score (nSPS) is 12.3. The molecule has 2 aromatic rings. The molecule has 1 aliphatic heterocycles. The molecule has 0 bridgehead atoms. The van der Waals surface area contributed by atoms with Gasteiger partial charge < -0.3 is 19.7 Å². The van der Waals surface area contributed by atoms with Crippen molar-refractivity contribution in [3.63, 3.8) is 0 Å². The zero-order valence-electron chi connectivity index (χ0n) is 14.1. The molecule has 2 amide bonds. The van der Waals surface area contributed by atoms with E-state index in [9.17, 15) is 9.59 Å². The van der Waals surface area contributed by atoms with Crippen LogP contribution in [0.15, 0.2) is 36.5 Å². The van der Waals surface area contributed by atoms with Crippen LogP contribution in [0.5, 0.6) is 17.4 Å². The highest BCUT2D eigenvalue weighted by molar-refractivity contribution is 5.96. The molecular formula is C18H19N3O4. The second kappa shape index (κ2) is 7.21. The number of benzene rings is 1. The number of nitrogens with zero attached hydrogens (tertiary/aromatic N) is 2.